The third-order valence-electron chi connectivity index (χ3n) is 4.18. The van der Waals surface area contributed by atoms with E-state index in [-0.39, 0.29) is 24.5 Å². The number of ether oxygens (including phenoxy) is 1. The molecule has 7 heteroatoms. The van der Waals surface area contributed by atoms with Crippen LogP contribution in [-0.4, -0.2) is 34.5 Å². The minimum atomic E-state index is -0.283. The highest BCUT2D eigenvalue weighted by Gasteiger charge is 2.08. The van der Waals surface area contributed by atoms with Crippen molar-refractivity contribution >= 4 is 22.9 Å². The number of fused-ring (bicyclic) bond motifs is 1. The van der Waals surface area contributed by atoms with Gasteiger partial charge in [0.25, 0.3) is 5.56 Å². The molecule has 2 aromatic carbocycles. The summed E-state index contributed by atoms with van der Waals surface area (Å²) in [6.07, 6.45) is 1.93. The van der Waals surface area contributed by atoms with Crippen LogP contribution in [0.15, 0.2) is 46.3 Å². The Hall–Kier alpha value is -3.19. The Labute approximate surface area is 156 Å². The Bertz CT molecular complexity index is 1030. The molecule has 0 bridgehead atoms. The van der Waals surface area contributed by atoms with Crippen molar-refractivity contribution in [2.45, 2.75) is 20.3 Å². The van der Waals surface area contributed by atoms with E-state index >= 15 is 0 Å². The number of hydrogen-bond acceptors (Lipinski definition) is 6. The maximum atomic E-state index is 12.1. The maximum absolute atomic E-state index is 12.1. The van der Waals surface area contributed by atoms with Gasteiger partial charge in [0.05, 0.1) is 18.5 Å². The number of anilines is 1. The number of rotatable bonds is 7. The second-order valence-electron chi connectivity index (χ2n) is 5.95. The highest BCUT2D eigenvalue weighted by molar-refractivity contribution is 6.02. The predicted octanol–water partition coefficient (Wildman–Crippen LogP) is 2.61. The summed E-state index contributed by atoms with van der Waals surface area (Å²) in [5.74, 6) is 0.978. The van der Waals surface area contributed by atoms with Gasteiger partial charge in [-0.15, -0.1) is 0 Å². The van der Waals surface area contributed by atoms with Crippen LogP contribution in [0, 0.1) is 6.92 Å². The fourth-order valence-electron chi connectivity index (χ4n) is 2.92. The second-order valence-corrected chi connectivity index (χ2v) is 5.95. The third kappa shape index (κ3) is 4.15. The van der Waals surface area contributed by atoms with Crippen LogP contribution in [0.1, 0.15) is 23.7 Å². The van der Waals surface area contributed by atoms with Crippen LogP contribution in [0.3, 0.4) is 0 Å². The molecule has 140 valence electrons. The molecule has 0 atom stereocenters. The van der Waals surface area contributed by atoms with Gasteiger partial charge in [0, 0.05) is 24.2 Å². The molecule has 0 amide bonds. The molecule has 3 aromatic rings. The van der Waals surface area contributed by atoms with E-state index in [1.54, 1.807) is 13.1 Å². The van der Waals surface area contributed by atoms with Gasteiger partial charge in [0.1, 0.15) is 5.75 Å². The molecule has 0 saturated carbocycles. The molecule has 0 aliphatic carbocycles. The number of nitrogens with zero attached hydrogens (tertiary/aromatic N) is 2. The summed E-state index contributed by atoms with van der Waals surface area (Å²) < 4.78 is 5.71. The van der Waals surface area contributed by atoms with Gasteiger partial charge in [0.2, 0.25) is 5.95 Å². The van der Waals surface area contributed by atoms with E-state index in [1.807, 2.05) is 43.3 Å². The quantitative estimate of drug-likeness (QED) is 0.441. The van der Waals surface area contributed by atoms with Crippen LogP contribution >= 0.6 is 0 Å². The average molecular weight is 366 g/mol. The zero-order chi connectivity index (χ0) is 19.2. The first-order valence-corrected chi connectivity index (χ1v) is 8.78. The number of aliphatic hydroxyl groups excluding tert-OH is 1. The molecule has 0 aliphatic rings. The van der Waals surface area contributed by atoms with E-state index in [0.717, 1.165) is 22.1 Å². The summed E-state index contributed by atoms with van der Waals surface area (Å²) in [5, 5.41) is 15.4. The molecular weight excluding hydrogens is 344 g/mol. The Morgan fingerprint density at radius 1 is 1.30 bits per heavy atom. The van der Waals surface area contributed by atoms with Crippen molar-refractivity contribution in [3.05, 3.63) is 63.6 Å². The Kier molecular flexibility index (Phi) is 5.83. The number of nitrogens with one attached hydrogen (secondary N) is 2. The minimum Gasteiger partial charge on any atom is -0.493 e. The van der Waals surface area contributed by atoms with Gasteiger partial charge < -0.3 is 9.84 Å². The highest BCUT2D eigenvalue weighted by Crippen LogP contribution is 2.26. The SMILES string of the molecule is CCOc1ccc2ccccc2c1/C=N\Nc1nc(C)c(CCO)c(=O)[nH]1. The maximum Gasteiger partial charge on any atom is 0.255 e. The van der Waals surface area contributed by atoms with Gasteiger partial charge in [-0.3, -0.25) is 9.78 Å². The molecular formula is C20H22N4O3. The van der Waals surface area contributed by atoms with Crippen LogP contribution in [0.25, 0.3) is 10.8 Å². The summed E-state index contributed by atoms with van der Waals surface area (Å²) >= 11 is 0. The highest BCUT2D eigenvalue weighted by atomic mass is 16.5. The normalized spacial score (nSPS) is 11.2. The number of hydrazone groups is 1. The van der Waals surface area contributed by atoms with E-state index < -0.39 is 0 Å². The largest absolute Gasteiger partial charge is 0.493 e. The molecule has 0 aliphatic heterocycles. The molecule has 7 nitrogen and oxygen atoms in total. The van der Waals surface area contributed by atoms with E-state index in [0.29, 0.717) is 17.9 Å². The molecule has 3 N–H and O–H groups in total. The summed E-state index contributed by atoms with van der Waals surface area (Å²) in [6, 6.07) is 11.9. The molecule has 0 spiro atoms. The summed E-state index contributed by atoms with van der Waals surface area (Å²) in [4.78, 5) is 19.0. The zero-order valence-electron chi connectivity index (χ0n) is 15.3. The van der Waals surface area contributed by atoms with Crippen molar-refractivity contribution < 1.29 is 9.84 Å². The van der Waals surface area contributed by atoms with Gasteiger partial charge in [-0.2, -0.15) is 5.10 Å². The van der Waals surface area contributed by atoms with Crippen molar-refractivity contribution in [2.24, 2.45) is 5.10 Å². The second kappa shape index (κ2) is 8.46. The van der Waals surface area contributed by atoms with Gasteiger partial charge in [-0.1, -0.05) is 30.3 Å². The first-order valence-electron chi connectivity index (χ1n) is 8.78. The van der Waals surface area contributed by atoms with Crippen LogP contribution in [0.4, 0.5) is 5.95 Å². The van der Waals surface area contributed by atoms with Crippen molar-refractivity contribution in [3.63, 3.8) is 0 Å². The zero-order valence-corrected chi connectivity index (χ0v) is 15.3. The van der Waals surface area contributed by atoms with E-state index in [1.165, 1.54) is 0 Å². The van der Waals surface area contributed by atoms with Crippen molar-refractivity contribution in [1.29, 1.82) is 0 Å². The number of aryl methyl sites for hydroxylation is 1. The summed E-state index contributed by atoms with van der Waals surface area (Å²) in [6.45, 7) is 4.11. The molecule has 0 radical (unpaired) electrons. The average Bonchev–Trinajstić information content (AvgIpc) is 2.66. The van der Waals surface area contributed by atoms with Gasteiger partial charge in [-0.05, 0) is 30.7 Å². The lowest BCUT2D eigenvalue weighted by Crippen LogP contribution is -2.19. The van der Waals surface area contributed by atoms with Crippen LogP contribution in [-0.2, 0) is 6.42 Å². The standard InChI is InChI=1S/C20H22N4O3/c1-3-27-18-9-8-14-6-4-5-7-16(14)17(18)12-21-24-20-22-13(2)15(10-11-25)19(26)23-20/h4-9,12,25H,3,10-11H2,1-2H3,(H2,22,23,24,26)/b21-12-. The number of aromatic amines is 1. The van der Waals surface area contributed by atoms with Crippen molar-refractivity contribution in [3.8, 4) is 5.75 Å². The number of aliphatic hydroxyl groups is 1. The molecule has 27 heavy (non-hydrogen) atoms. The van der Waals surface area contributed by atoms with Gasteiger partial charge in [0.15, 0.2) is 0 Å². The lowest BCUT2D eigenvalue weighted by molar-refractivity contribution is 0.298. The lowest BCUT2D eigenvalue weighted by atomic mass is 10.0. The van der Waals surface area contributed by atoms with Crippen LogP contribution in [0.2, 0.25) is 0 Å². The van der Waals surface area contributed by atoms with Crippen molar-refractivity contribution in [2.75, 3.05) is 18.6 Å². The first-order chi connectivity index (χ1) is 13.1. The first kappa shape index (κ1) is 18.6. The summed E-state index contributed by atoms with van der Waals surface area (Å²) in [5.41, 5.74) is 4.36. The fourth-order valence-corrected chi connectivity index (χ4v) is 2.92. The summed E-state index contributed by atoms with van der Waals surface area (Å²) in [7, 11) is 0. The Morgan fingerprint density at radius 2 is 2.11 bits per heavy atom. The molecule has 0 fully saturated rings. The van der Waals surface area contributed by atoms with Gasteiger partial charge in [-0.25, -0.2) is 10.4 Å². The molecule has 0 saturated heterocycles. The number of benzene rings is 2. The lowest BCUT2D eigenvalue weighted by Gasteiger charge is -2.10. The van der Waals surface area contributed by atoms with E-state index in [2.05, 4.69) is 20.5 Å². The number of hydrogen-bond donors (Lipinski definition) is 3. The van der Waals surface area contributed by atoms with Crippen LogP contribution < -0.4 is 15.7 Å². The Balaban J connectivity index is 1.90. The minimum absolute atomic E-state index is 0.0994. The smallest absolute Gasteiger partial charge is 0.255 e. The Morgan fingerprint density at radius 3 is 2.85 bits per heavy atom. The topological polar surface area (TPSA) is 99.6 Å². The van der Waals surface area contributed by atoms with E-state index in [9.17, 15) is 4.79 Å². The third-order valence-corrected chi connectivity index (χ3v) is 4.18. The predicted molar refractivity (Wildman–Crippen MR) is 107 cm³/mol. The number of aromatic nitrogens is 2. The number of H-pyrrole nitrogens is 1. The monoisotopic (exact) mass is 366 g/mol. The molecule has 1 heterocycles. The fraction of sp³-hybridized carbons (Fsp3) is 0.250. The van der Waals surface area contributed by atoms with E-state index in [4.69, 9.17) is 9.84 Å². The van der Waals surface area contributed by atoms with Crippen LogP contribution in [0.5, 0.6) is 5.75 Å². The molecule has 3 rings (SSSR count). The molecule has 1 aromatic heterocycles. The van der Waals surface area contributed by atoms with Gasteiger partial charge >= 0.3 is 0 Å². The molecule has 0 unspecified atom stereocenters. The van der Waals surface area contributed by atoms with Crippen molar-refractivity contribution in [1.82, 2.24) is 9.97 Å².